The van der Waals surface area contributed by atoms with Gasteiger partial charge >= 0.3 is 0 Å². The largest absolute Gasteiger partial charge is 0.307 e. The maximum atomic E-state index is 5.23. The van der Waals surface area contributed by atoms with Crippen molar-refractivity contribution in [3.63, 3.8) is 0 Å². The molecule has 0 aliphatic heterocycles. The van der Waals surface area contributed by atoms with Gasteiger partial charge in [0.05, 0.1) is 18.1 Å². The van der Waals surface area contributed by atoms with Crippen LogP contribution in [-0.2, 0) is 6.54 Å². The summed E-state index contributed by atoms with van der Waals surface area (Å²) < 4.78 is 0. The van der Waals surface area contributed by atoms with Gasteiger partial charge in [0.2, 0.25) is 0 Å². The zero-order valence-corrected chi connectivity index (χ0v) is 10.1. The number of rotatable bonds is 7. The number of nitrogen functional groups attached to an aromatic ring is 1. The first-order valence-electron chi connectivity index (χ1n) is 5.80. The lowest BCUT2D eigenvalue weighted by Crippen LogP contribution is -2.24. The summed E-state index contributed by atoms with van der Waals surface area (Å²) in [6.07, 6.45) is 5.87. The number of nitrogens with two attached hydrogens (primary N) is 1. The van der Waals surface area contributed by atoms with Crippen LogP contribution < -0.4 is 11.3 Å². The highest BCUT2D eigenvalue weighted by atomic mass is 15.3. The summed E-state index contributed by atoms with van der Waals surface area (Å²) in [7, 11) is 0. The third-order valence-electron chi connectivity index (χ3n) is 2.51. The molecule has 0 radical (unpaired) electrons. The number of anilines is 1. The topological polar surface area (TPSA) is 67.1 Å². The Morgan fingerprint density at radius 1 is 1.31 bits per heavy atom. The second kappa shape index (κ2) is 7.14. The molecule has 0 saturated heterocycles. The van der Waals surface area contributed by atoms with E-state index in [2.05, 4.69) is 34.1 Å². The zero-order chi connectivity index (χ0) is 11.8. The average Bonchev–Trinajstić information content (AvgIpc) is 2.35. The van der Waals surface area contributed by atoms with E-state index in [0.29, 0.717) is 5.82 Å². The second-order valence-corrected chi connectivity index (χ2v) is 3.76. The van der Waals surface area contributed by atoms with Crippen LogP contribution in [0.4, 0.5) is 5.82 Å². The Bertz CT molecular complexity index is 285. The van der Waals surface area contributed by atoms with Crippen LogP contribution in [0.5, 0.6) is 0 Å². The molecule has 0 aliphatic rings. The highest BCUT2D eigenvalue weighted by Gasteiger charge is 2.04. The van der Waals surface area contributed by atoms with Gasteiger partial charge in [0, 0.05) is 6.54 Å². The standard InChI is InChI=1S/C11H21N5/c1-3-5-6-16(4-2)9-10-7-14-11(15-12)8-13-10/h7-8H,3-6,9,12H2,1-2H3,(H,14,15). The van der Waals surface area contributed by atoms with Gasteiger partial charge in [-0.15, -0.1) is 0 Å². The number of unbranched alkanes of at least 4 members (excludes halogenated alkanes) is 1. The highest BCUT2D eigenvalue weighted by Crippen LogP contribution is 2.04. The molecule has 5 heteroatoms. The number of hydrogen-bond donors (Lipinski definition) is 2. The molecular formula is C11H21N5. The van der Waals surface area contributed by atoms with Gasteiger partial charge in [0.25, 0.3) is 0 Å². The highest BCUT2D eigenvalue weighted by molar-refractivity contribution is 5.28. The van der Waals surface area contributed by atoms with Gasteiger partial charge in [-0.25, -0.2) is 10.8 Å². The number of nitrogens with zero attached hydrogens (tertiary/aromatic N) is 3. The fourth-order valence-corrected chi connectivity index (χ4v) is 1.47. The summed E-state index contributed by atoms with van der Waals surface area (Å²) in [5, 5.41) is 0. The minimum Gasteiger partial charge on any atom is -0.307 e. The van der Waals surface area contributed by atoms with Crippen molar-refractivity contribution in [2.24, 2.45) is 5.84 Å². The number of hydrazine groups is 1. The Balaban J connectivity index is 2.49. The maximum Gasteiger partial charge on any atom is 0.158 e. The van der Waals surface area contributed by atoms with Crippen molar-refractivity contribution >= 4 is 5.82 Å². The molecule has 5 nitrogen and oxygen atoms in total. The molecule has 0 aliphatic carbocycles. The Morgan fingerprint density at radius 3 is 2.62 bits per heavy atom. The molecule has 0 amide bonds. The molecule has 16 heavy (non-hydrogen) atoms. The second-order valence-electron chi connectivity index (χ2n) is 3.76. The van der Waals surface area contributed by atoms with Gasteiger partial charge in [-0.05, 0) is 19.5 Å². The predicted octanol–water partition coefficient (Wildman–Crippen LogP) is 1.38. The summed E-state index contributed by atoms with van der Waals surface area (Å²) in [5.41, 5.74) is 3.45. The smallest absolute Gasteiger partial charge is 0.158 e. The molecule has 0 fully saturated rings. The average molecular weight is 223 g/mol. The lowest BCUT2D eigenvalue weighted by atomic mass is 10.3. The molecule has 1 rings (SSSR count). The Hall–Kier alpha value is -1.20. The van der Waals surface area contributed by atoms with Crippen molar-refractivity contribution in [3.05, 3.63) is 18.1 Å². The predicted molar refractivity (Wildman–Crippen MR) is 65.7 cm³/mol. The van der Waals surface area contributed by atoms with Crippen LogP contribution in [0, 0.1) is 0 Å². The SMILES string of the molecule is CCCCN(CC)Cc1cnc(NN)cn1. The molecular weight excluding hydrogens is 202 g/mol. The lowest BCUT2D eigenvalue weighted by molar-refractivity contribution is 0.272. The van der Waals surface area contributed by atoms with Crippen LogP contribution in [0.25, 0.3) is 0 Å². The van der Waals surface area contributed by atoms with E-state index in [1.807, 2.05) is 0 Å². The Kier molecular flexibility index (Phi) is 5.74. The van der Waals surface area contributed by atoms with E-state index in [9.17, 15) is 0 Å². The van der Waals surface area contributed by atoms with Crippen LogP contribution in [0.2, 0.25) is 0 Å². The molecule has 1 heterocycles. The van der Waals surface area contributed by atoms with Gasteiger partial charge in [0.1, 0.15) is 0 Å². The van der Waals surface area contributed by atoms with Gasteiger partial charge in [-0.1, -0.05) is 20.3 Å². The van der Waals surface area contributed by atoms with Crippen molar-refractivity contribution < 1.29 is 0 Å². The van der Waals surface area contributed by atoms with Gasteiger partial charge in [-0.2, -0.15) is 0 Å². The molecule has 1 aromatic rings. The molecule has 0 saturated carbocycles. The maximum absolute atomic E-state index is 5.23. The first kappa shape index (κ1) is 12.9. The Labute approximate surface area is 97.0 Å². The van der Waals surface area contributed by atoms with Crippen LogP contribution in [-0.4, -0.2) is 28.0 Å². The molecule has 90 valence electrons. The van der Waals surface area contributed by atoms with Crippen LogP contribution >= 0.6 is 0 Å². The molecule has 3 N–H and O–H groups in total. The third kappa shape index (κ3) is 4.12. The van der Waals surface area contributed by atoms with Crippen LogP contribution in [0.1, 0.15) is 32.4 Å². The number of nitrogens with one attached hydrogen (secondary N) is 1. The molecule has 0 unspecified atom stereocenters. The van der Waals surface area contributed by atoms with E-state index >= 15 is 0 Å². The summed E-state index contributed by atoms with van der Waals surface area (Å²) >= 11 is 0. The fourth-order valence-electron chi connectivity index (χ4n) is 1.47. The van der Waals surface area contributed by atoms with Gasteiger partial charge in [0.15, 0.2) is 5.82 Å². The van der Waals surface area contributed by atoms with Crippen molar-refractivity contribution in [1.82, 2.24) is 14.9 Å². The van der Waals surface area contributed by atoms with E-state index in [1.54, 1.807) is 12.4 Å². The van der Waals surface area contributed by atoms with Crippen LogP contribution in [0.15, 0.2) is 12.4 Å². The molecule has 0 spiro atoms. The van der Waals surface area contributed by atoms with Crippen molar-refractivity contribution in [2.75, 3.05) is 18.5 Å². The molecule has 1 aromatic heterocycles. The molecule has 0 bridgehead atoms. The van der Waals surface area contributed by atoms with Crippen molar-refractivity contribution in [1.29, 1.82) is 0 Å². The van der Waals surface area contributed by atoms with E-state index in [4.69, 9.17) is 5.84 Å². The summed E-state index contributed by atoms with van der Waals surface area (Å²) in [4.78, 5) is 10.8. The first-order valence-corrected chi connectivity index (χ1v) is 5.80. The molecule has 0 aromatic carbocycles. The first-order chi connectivity index (χ1) is 7.80. The van der Waals surface area contributed by atoms with E-state index in [0.717, 1.165) is 25.3 Å². The molecule has 0 atom stereocenters. The monoisotopic (exact) mass is 223 g/mol. The van der Waals surface area contributed by atoms with E-state index in [1.165, 1.54) is 12.8 Å². The van der Waals surface area contributed by atoms with E-state index in [-0.39, 0.29) is 0 Å². The van der Waals surface area contributed by atoms with Gasteiger partial charge < -0.3 is 5.43 Å². The summed E-state index contributed by atoms with van der Waals surface area (Å²) in [5.74, 6) is 5.83. The number of hydrogen-bond acceptors (Lipinski definition) is 5. The summed E-state index contributed by atoms with van der Waals surface area (Å²) in [6.45, 7) is 7.38. The quantitative estimate of drug-likeness (QED) is 0.540. The van der Waals surface area contributed by atoms with Crippen LogP contribution in [0.3, 0.4) is 0 Å². The minimum atomic E-state index is 0.598. The number of aromatic nitrogens is 2. The van der Waals surface area contributed by atoms with Gasteiger partial charge in [-0.3, -0.25) is 9.88 Å². The fraction of sp³-hybridized carbons (Fsp3) is 0.636. The van der Waals surface area contributed by atoms with Crippen molar-refractivity contribution in [3.8, 4) is 0 Å². The van der Waals surface area contributed by atoms with Crippen molar-refractivity contribution in [2.45, 2.75) is 33.2 Å². The summed E-state index contributed by atoms with van der Waals surface area (Å²) in [6, 6.07) is 0. The zero-order valence-electron chi connectivity index (χ0n) is 10.1. The minimum absolute atomic E-state index is 0.598. The third-order valence-corrected chi connectivity index (χ3v) is 2.51. The Morgan fingerprint density at radius 2 is 2.12 bits per heavy atom. The lowest BCUT2D eigenvalue weighted by Gasteiger charge is -2.19. The van der Waals surface area contributed by atoms with E-state index < -0.39 is 0 Å². The normalized spacial score (nSPS) is 10.8.